The van der Waals surface area contributed by atoms with Crippen LogP contribution in [0.15, 0.2) is 0 Å². The summed E-state index contributed by atoms with van der Waals surface area (Å²) in [6.45, 7) is 0.739. The molecule has 5 nitrogen and oxygen atoms in total. The van der Waals surface area contributed by atoms with E-state index in [1.807, 2.05) is 0 Å². The van der Waals surface area contributed by atoms with Gasteiger partial charge in [-0.15, -0.1) is 0 Å². The second-order valence-corrected chi connectivity index (χ2v) is 5.33. The topological polar surface area (TPSA) is 55.8 Å². The highest BCUT2D eigenvalue weighted by Crippen LogP contribution is 2.19. The van der Waals surface area contributed by atoms with Crippen molar-refractivity contribution in [1.82, 2.24) is 4.90 Å². The lowest BCUT2D eigenvalue weighted by Crippen LogP contribution is -2.35. The Morgan fingerprint density at radius 3 is 2.89 bits per heavy atom. The molecule has 0 spiro atoms. The Kier molecular flexibility index (Phi) is 7.12. The van der Waals surface area contributed by atoms with Gasteiger partial charge in [0.05, 0.1) is 13.5 Å². The highest BCUT2D eigenvalue weighted by atomic mass is 32.2. The van der Waals surface area contributed by atoms with Crippen LogP contribution in [0.25, 0.3) is 0 Å². The first-order valence-corrected chi connectivity index (χ1v) is 7.31. The normalized spacial score (nSPS) is 19.3. The molecule has 18 heavy (non-hydrogen) atoms. The molecule has 0 aliphatic carbocycles. The van der Waals surface area contributed by atoms with E-state index in [1.165, 1.54) is 7.11 Å². The molecule has 1 aliphatic rings. The van der Waals surface area contributed by atoms with Crippen LogP contribution in [0.4, 0.5) is 0 Å². The van der Waals surface area contributed by atoms with Crippen molar-refractivity contribution < 1.29 is 19.1 Å². The average molecular weight is 275 g/mol. The van der Waals surface area contributed by atoms with Gasteiger partial charge < -0.3 is 14.4 Å². The average Bonchev–Trinajstić information content (AvgIpc) is 2.74. The van der Waals surface area contributed by atoms with Gasteiger partial charge in [0.1, 0.15) is 6.23 Å². The number of hydrogen-bond acceptors (Lipinski definition) is 5. The molecule has 6 heteroatoms. The molecule has 0 bridgehead atoms. The summed E-state index contributed by atoms with van der Waals surface area (Å²) in [6.07, 6.45) is 2.72. The Morgan fingerprint density at radius 2 is 2.22 bits per heavy atom. The van der Waals surface area contributed by atoms with Crippen molar-refractivity contribution in [2.45, 2.75) is 31.9 Å². The van der Waals surface area contributed by atoms with Crippen LogP contribution < -0.4 is 0 Å². The summed E-state index contributed by atoms with van der Waals surface area (Å²) >= 11 is 1.71. The molecular weight excluding hydrogens is 254 g/mol. The summed E-state index contributed by atoms with van der Waals surface area (Å²) in [5, 5.41) is 0. The maximum atomic E-state index is 11.6. The minimum Gasteiger partial charge on any atom is -0.469 e. The number of ether oxygens (including phenoxy) is 2. The van der Waals surface area contributed by atoms with E-state index in [0.717, 1.165) is 30.9 Å². The first-order chi connectivity index (χ1) is 8.69. The molecule has 104 valence electrons. The van der Waals surface area contributed by atoms with Crippen LogP contribution in [0.1, 0.15) is 25.7 Å². The van der Waals surface area contributed by atoms with E-state index >= 15 is 0 Å². The predicted molar refractivity (Wildman–Crippen MR) is 70.3 cm³/mol. The summed E-state index contributed by atoms with van der Waals surface area (Å²) in [5.41, 5.74) is 0. The molecule has 1 aliphatic heterocycles. The number of amides is 1. The third kappa shape index (κ3) is 4.86. The largest absolute Gasteiger partial charge is 0.469 e. The molecule has 1 saturated heterocycles. The standard InChI is InChI=1S/C12H21NO4S/c1-16-11-5-4-10(14)13(11)7-3-8-18-9-6-12(15)17-2/h11H,3-9H2,1-2H3. The van der Waals surface area contributed by atoms with Crippen molar-refractivity contribution in [2.75, 3.05) is 32.3 Å². The van der Waals surface area contributed by atoms with Crippen LogP contribution in [-0.4, -0.2) is 55.3 Å². The summed E-state index contributed by atoms with van der Waals surface area (Å²) in [6, 6.07) is 0. The van der Waals surface area contributed by atoms with Crippen molar-refractivity contribution in [2.24, 2.45) is 0 Å². The van der Waals surface area contributed by atoms with Gasteiger partial charge >= 0.3 is 5.97 Å². The van der Waals surface area contributed by atoms with Crippen LogP contribution >= 0.6 is 11.8 Å². The van der Waals surface area contributed by atoms with Crippen LogP contribution in [-0.2, 0) is 19.1 Å². The van der Waals surface area contributed by atoms with Crippen LogP contribution in [0, 0.1) is 0 Å². The van der Waals surface area contributed by atoms with E-state index in [1.54, 1.807) is 23.8 Å². The number of hydrogen-bond donors (Lipinski definition) is 0. The van der Waals surface area contributed by atoms with E-state index in [9.17, 15) is 9.59 Å². The number of nitrogens with zero attached hydrogens (tertiary/aromatic N) is 1. The van der Waals surface area contributed by atoms with E-state index < -0.39 is 0 Å². The van der Waals surface area contributed by atoms with E-state index in [0.29, 0.717) is 12.8 Å². The fourth-order valence-corrected chi connectivity index (χ4v) is 2.77. The van der Waals surface area contributed by atoms with Gasteiger partial charge in [-0.2, -0.15) is 11.8 Å². The summed E-state index contributed by atoms with van der Waals surface area (Å²) in [5.74, 6) is 1.73. The lowest BCUT2D eigenvalue weighted by atomic mass is 10.3. The molecule has 1 amide bonds. The van der Waals surface area contributed by atoms with Crippen molar-refractivity contribution in [3.05, 3.63) is 0 Å². The van der Waals surface area contributed by atoms with Crippen molar-refractivity contribution in [3.8, 4) is 0 Å². The van der Waals surface area contributed by atoms with Gasteiger partial charge in [-0.05, 0) is 12.2 Å². The number of carbonyl (C=O) groups excluding carboxylic acids is 2. The van der Waals surface area contributed by atoms with Gasteiger partial charge in [0, 0.05) is 32.2 Å². The number of methoxy groups -OCH3 is 2. The SMILES string of the molecule is COC(=O)CCSCCCN1C(=O)CCC1OC. The molecule has 1 fully saturated rings. The monoisotopic (exact) mass is 275 g/mol. The van der Waals surface area contributed by atoms with Crippen molar-refractivity contribution in [3.63, 3.8) is 0 Å². The molecule has 1 heterocycles. The zero-order valence-corrected chi connectivity index (χ0v) is 11.8. The highest BCUT2D eigenvalue weighted by molar-refractivity contribution is 7.99. The predicted octanol–water partition coefficient (Wildman–Crippen LogP) is 1.27. The van der Waals surface area contributed by atoms with E-state index in [2.05, 4.69) is 4.74 Å². The van der Waals surface area contributed by atoms with Crippen LogP contribution in [0.3, 0.4) is 0 Å². The Balaban J connectivity index is 2.07. The molecule has 0 radical (unpaired) electrons. The van der Waals surface area contributed by atoms with E-state index in [-0.39, 0.29) is 18.1 Å². The zero-order chi connectivity index (χ0) is 13.4. The molecule has 0 aromatic rings. The van der Waals surface area contributed by atoms with Crippen molar-refractivity contribution >= 4 is 23.6 Å². The zero-order valence-electron chi connectivity index (χ0n) is 11.0. The van der Waals surface area contributed by atoms with Gasteiger partial charge in [-0.3, -0.25) is 9.59 Å². The van der Waals surface area contributed by atoms with Crippen LogP contribution in [0.2, 0.25) is 0 Å². The molecule has 0 saturated carbocycles. The minimum absolute atomic E-state index is 0.0439. The molecule has 1 atom stereocenters. The lowest BCUT2D eigenvalue weighted by molar-refractivity contribution is -0.140. The fraction of sp³-hybridized carbons (Fsp3) is 0.833. The fourth-order valence-electron chi connectivity index (χ4n) is 1.92. The smallest absolute Gasteiger partial charge is 0.306 e. The van der Waals surface area contributed by atoms with Gasteiger partial charge in [-0.25, -0.2) is 0 Å². The van der Waals surface area contributed by atoms with Gasteiger partial charge in [-0.1, -0.05) is 0 Å². The van der Waals surface area contributed by atoms with Crippen LogP contribution in [0.5, 0.6) is 0 Å². The first-order valence-electron chi connectivity index (χ1n) is 6.16. The third-order valence-corrected chi connectivity index (χ3v) is 3.98. The maximum absolute atomic E-state index is 11.6. The lowest BCUT2D eigenvalue weighted by Gasteiger charge is -2.23. The summed E-state index contributed by atoms with van der Waals surface area (Å²) in [7, 11) is 3.04. The Labute approximate surface area is 112 Å². The minimum atomic E-state index is -0.170. The van der Waals surface area contributed by atoms with E-state index in [4.69, 9.17) is 4.74 Å². The summed E-state index contributed by atoms with van der Waals surface area (Å²) in [4.78, 5) is 24.2. The molecule has 1 rings (SSSR count). The molecular formula is C12H21NO4S. The highest BCUT2D eigenvalue weighted by Gasteiger charge is 2.29. The van der Waals surface area contributed by atoms with Crippen molar-refractivity contribution in [1.29, 1.82) is 0 Å². The van der Waals surface area contributed by atoms with Gasteiger partial charge in [0.15, 0.2) is 0 Å². The Morgan fingerprint density at radius 1 is 1.44 bits per heavy atom. The first kappa shape index (κ1) is 15.3. The Hall–Kier alpha value is -0.750. The number of carbonyl (C=O) groups is 2. The number of likely N-dealkylation sites (tertiary alicyclic amines) is 1. The second-order valence-electron chi connectivity index (χ2n) is 4.11. The van der Waals surface area contributed by atoms with Gasteiger partial charge in [0.2, 0.25) is 5.91 Å². The van der Waals surface area contributed by atoms with Gasteiger partial charge in [0.25, 0.3) is 0 Å². The Bertz CT molecular complexity index is 285. The third-order valence-electron chi connectivity index (χ3n) is 2.91. The molecule has 0 aromatic heterocycles. The second kappa shape index (κ2) is 8.37. The summed E-state index contributed by atoms with van der Waals surface area (Å²) < 4.78 is 9.81. The number of thioether (sulfide) groups is 1. The number of rotatable bonds is 8. The molecule has 1 unspecified atom stereocenters. The molecule has 0 aromatic carbocycles. The quantitative estimate of drug-likeness (QED) is 0.493. The molecule has 0 N–H and O–H groups in total. The maximum Gasteiger partial charge on any atom is 0.306 e. The number of esters is 1.